The summed E-state index contributed by atoms with van der Waals surface area (Å²) in [5, 5.41) is 4.39. The van der Waals surface area contributed by atoms with E-state index >= 15 is 0 Å². The quantitative estimate of drug-likeness (QED) is 0.451. The molecule has 1 heterocycles. The van der Waals surface area contributed by atoms with E-state index in [1.807, 2.05) is 49.4 Å². The number of nitrogens with two attached hydrogens (primary N) is 1. The van der Waals surface area contributed by atoms with Crippen molar-refractivity contribution in [2.24, 2.45) is 5.10 Å². The second kappa shape index (κ2) is 9.66. The molecule has 28 heavy (non-hydrogen) atoms. The average molecular weight is 395 g/mol. The Morgan fingerprint density at radius 1 is 1.21 bits per heavy atom. The SMILES string of the molecule is CCc1nc(N)sc1C(=O)N/N=C/c1ccc(OCCc2ccccc2)cc1. The fourth-order valence-electron chi connectivity index (χ4n) is 2.58. The Bertz CT molecular complexity index is 937. The molecule has 0 aliphatic carbocycles. The van der Waals surface area contributed by atoms with Gasteiger partial charge in [0.25, 0.3) is 5.91 Å². The lowest BCUT2D eigenvalue weighted by Gasteiger charge is -2.06. The molecule has 2 aromatic carbocycles. The van der Waals surface area contributed by atoms with Crippen molar-refractivity contribution >= 4 is 28.6 Å². The zero-order valence-corrected chi connectivity index (χ0v) is 16.4. The third kappa shape index (κ3) is 5.40. The Kier molecular flexibility index (Phi) is 6.75. The van der Waals surface area contributed by atoms with Gasteiger partial charge in [-0.1, -0.05) is 48.6 Å². The van der Waals surface area contributed by atoms with Crippen molar-refractivity contribution in [3.63, 3.8) is 0 Å². The van der Waals surface area contributed by atoms with E-state index in [2.05, 4.69) is 27.6 Å². The lowest BCUT2D eigenvalue weighted by atomic mass is 10.2. The third-order valence-electron chi connectivity index (χ3n) is 4.02. The number of nitrogen functional groups attached to an aromatic ring is 1. The van der Waals surface area contributed by atoms with Gasteiger partial charge in [0.2, 0.25) is 0 Å². The van der Waals surface area contributed by atoms with Crippen LogP contribution in [0.5, 0.6) is 5.75 Å². The molecule has 144 valence electrons. The predicted octanol–water partition coefficient (Wildman–Crippen LogP) is 3.67. The summed E-state index contributed by atoms with van der Waals surface area (Å²) in [5.74, 6) is 0.494. The molecule has 0 saturated carbocycles. The number of nitrogens with one attached hydrogen (secondary N) is 1. The van der Waals surface area contributed by atoms with Gasteiger partial charge >= 0.3 is 0 Å². The van der Waals surface area contributed by atoms with Gasteiger partial charge in [-0.05, 0) is 41.8 Å². The Morgan fingerprint density at radius 2 is 1.96 bits per heavy atom. The Labute approximate surface area is 168 Å². The summed E-state index contributed by atoms with van der Waals surface area (Å²) in [4.78, 5) is 16.8. The molecule has 0 spiro atoms. The number of carbonyl (C=O) groups is 1. The molecule has 3 N–H and O–H groups in total. The first-order valence-corrected chi connectivity index (χ1v) is 9.82. The lowest BCUT2D eigenvalue weighted by molar-refractivity contribution is 0.0958. The number of benzene rings is 2. The minimum absolute atomic E-state index is 0.303. The number of thiazole rings is 1. The summed E-state index contributed by atoms with van der Waals surface area (Å²) < 4.78 is 5.76. The molecule has 0 saturated heterocycles. The summed E-state index contributed by atoms with van der Waals surface area (Å²) in [7, 11) is 0. The molecule has 3 rings (SSSR count). The molecule has 0 atom stereocenters. The molecule has 6 nitrogen and oxygen atoms in total. The van der Waals surface area contributed by atoms with Crippen LogP contribution in [0, 0.1) is 0 Å². The van der Waals surface area contributed by atoms with Gasteiger partial charge in [-0.15, -0.1) is 0 Å². The van der Waals surface area contributed by atoms with Crippen molar-refractivity contribution in [2.45, 2.75) is 19.8 Å². The monoisotopic (exact) mass is 394 g/mol. The maximum atomic E-state index is 12.2. The minimum atomic E-state index is -0.303. The Balaban J connectivity index is 1.48. The number of amides is 1. The molecule has 0 aliphatic rings. The Morgan fingerprint density at radius 3 is 2.68 bits per heavy atom. The molecule has 3 aromatic rings. The van der Waals surface area contributed by atoms with Crippen LogP contribution in [0.15, 0.2) is 59.7 Å². The van der Waals surface area contributed by atoms with Crippen LogP contribution >= 0.6 is 11.3 Å². The summed E-state index contributed by atoms with van der Waals surface area (Å²) in [5.41, 5.74) is 11.0. The van der Waals surface area contributed by atoms with Crippen LogP contribution in [-0.4, -0.2) is 23.7 Å². The second-order valence-electron chi connectivity index (χ2n) is 6.03. The van der Waals surface area contributed by atoms with E-state index in [4.69, 9.17) is 10.5 Å². The van der Waals surface area contributed by atoms with E-state index in [-0.39, 0.29) is 5.91 Å². The van der Waals surface area contributed by atoms with Crippen molar-refractivity contribution < 1.29 is 9.53 Å². The van der Waals surface area contributed by atoms with E-state index in [9.17, 15) is 4.79 Å². The zero-order chi connectivity index (χ0) is 19.8. The van der Waals surface area contributed by atoms with Crippen LogP contribution < -0.4 is 15.9 Å². The fourth-order valence-corrected chi connectivity index (χ4v) is 3.40. The maximum absolute atomic E-state index is 12.2. The molecule has 0 bridgehead atoms. The normalized spacial score (nSPS) is 10.9. The maximum Gasteiger partial charge on any atom is 0.283 e. The summed E-state index contributed by atoms with van der Waals surface area (Å²) in [6.07, 6.45) is 3.09. The number of hydrogen-bond acceptors (Lipinski definition) is 6. The highest BCUT2D eigenvalue weighted by atomic mass is 32.1. The number of aryl methyl sites for hydroxylation is 1. The van der Waals surface area contributed by atoms with E-state index in [0.29, 0.717) is 28.7 Å². The van der Waals surface area contributed by atoms with Crippen LogP contribution in [0.2, 0.25) is 0 Å². The van der Waals surface area contributed by atoms with Gasteiger partial charge in [0.15, 0.2) is 5.13 Å². The number of nitrogens with zero attached hydrogens (tertiary/aromatic N) is 2. The van der Waals surface area contributed by atoms with Crippen molar-refractivity contribution in [1.29, 1.82) is 0 Å². The molecule has 1 aromatic heterocycles. The summed E-state index contributed by atoms with van der Waals surface area (Å²) >= 11 is 1.17. The number of anilines is 1. The zero-order valence-electron chi connectivity index (χ0n) is 15.6. The summed E-state index contributed by atoms with van der Waals surface area (Å²) in [6.45, 7) is 2.54. The molecular formula is C21H22N4O2S. The van der Waals surface area contributed by atoms with E-state index in [1.54, 1.807) is 6.21 Å². The molecule has 0 radical (unpaired) electrons. The van der Waals surface area contributed by atoms with E-state index < -0.39 is 0 Å². The minimum Gasteiger partial charge on any atom is -0.493 e. The van der Waals surface area contributed by atoms with Crippen LogP contribution in [0.4, 0.5) is 5.13 Å². The van der Waals surface area contributed by atoms with Crippen LogP contribution in [0.3, 0.4) is 0 Å². The van der Waals surface area contributed by atoms with Crippen molar-refractivity contribution in [3.05, 3.63) is 76.3 Å². The average Bonchev–Trinajstić information content (AvgIpc) is 3.11. The highest BCUT2D eigenvalue weighted by molar-refractivity contribution is 7.17. The Hall–Kier alpha value is -3.19. The third-order valence-corrected chi connectivity index (χ3v) is 4.94. The van der Waals surface area contributed by atoms with Gasteiger partial charge in [-0.3, -0.25) is 4.79 Å². The molecule has 0 fully saturated rings. The van der Waals surface area contributed by atoms with Gasteiger partial charge in [-0.25, -0.2) is 10.4 Å². The summed E-state index contributed by atoms with van der Waals surface area (Å²) in [6, 6.07) is 17.8. The predicted molar refractivity (Wildman–Crippen MR) is 113 cm³/mol. The molecule has 1 amide bonds. The standard InChI is InChI=1S/C21H22N4O2S/c1-2-18-19(28-21(22)24-18)20(26)25-23-14-16-8-10-17(11-9-16)27-13-12-15-6-4-3-5-7-15/h3-11,14H,2,12-13H2,1H3,(H2,22,24)(H,25,26)/b23-14+. The van der Waals surface area contributed by atoms with Crippen LogP contribution in [-0.2, 0) is 12.8 Å². The first kappa shape index (κ1) is 19.6. The fraction of sp³-hybridized carbons (Fsp3) is 0.190. The first-order valence-electron chi connectivity index (χ1n) is 9.01. The van der Waals surface area contributed by atoms with Gasteiger partial charge < -0.3 is 10.5 Å². The first-order chi connectivity index (χ1) is 13.7. The van der Waals surface area contributed by atoms with E-state index in [1.165, 1.54) is 16.9 Å². The number of rotatable bonds is 8. The molecule has 7 heteroatoms. The number of carbonyl (C=O) groups excluding carboxylic acids is 1. The second-order valence-corrected chi connectivity index (χ2v) is 7.06. The lowest BCUT2D eigenvalue weighted by Crippen LogP contribution is -2.17. The van der Waals surface area contributed by atoms with Crippen molar-refractivity contribution in [3.8, 4) is 5.75 Å². The van der Waals surface area contributed by atoms with Gasteiger partial charge in [-0.2, -0.15) is 5.10 Å². The smallest absolute Gasteiger partial charge is 0.283 e. The highest BCUT2D eigenvalue weighted by Crippen LogP contribution is 2.20. The van der Waals surface area contributed by atoms with Gasteiger partial charge in [0, 0.05) is 6.42 Å². The molecule has 0 unspecified atom stereocenters. The van der Waals surface area contributed by atoms with E-state index in [0.717, 1.165) is 17.7 Å². The molecule has 0 aliphatic heterocycles. The number of hydrogen-bond donors (Lipinski definition) is 2. The topological polar surface area (TPSA) is 89.6 Å². The van der Waals surface area contributed by atoms with Crippen LogP contribution in [0.1, 0.15) is 33.4 Å². The number of ether oxygens (including phenoxy) is 1. The number of aromatic nitrogens is 1. The molecular weight excluding hydrogens is 372 g/mol. The van der Waals surface area contributed by atoms with Crippen molar-refractivity contribution in [2.75, 3.05) is 12.3 Å². The largest absolute Gasteiger partial charge is 0.493 e. The highest BCUT2D eigenvalue weighted by Gasteiger charge is 2.15. The van der Waals surface area contributed by atoms with Gasteiger partial charge in [0.05, 0.1) is 18.5 Å². The van der Waals surface area contributed by atoms with Gasteiger partial charge in [0.1, 0.15) is 10.6 Å². The van der Waals surface area contributed by atoms with Crippen molar-refractivity contribution in [1.82, 2.24) is 10.4 Å². The number of hydrazone groups is 1. The van der Waals surface area contributed by atoms with Crippen LogP contribution in [0.25, 0.3) is 0 Å².